The number of unbranched alkanes of at least 4 members (excludes halogenated alkanes) is 7. The Bertz CT molecular complexity index is 2470. The molecule has 0 saturated carbocycles. The van der Waals surface area contributed by atoms with E-state index in [0.717, 1.165) is 43.2 Å². The number of esters is 1. The minimum atomic E-state index is -1.06. The van der Waals surface area contributed by atoms with Crippen LogP contribution in [0.3, 0.4) is 0 Å². The van der Waals surface area contributed by atoms with E-state index >= 15 is 0 Å². The lowest BCUT2D eigenvalue weighted by Crippen LogP contribution is -2.44. The van der Waals surface area contributed by atoms with Gasteiger partial charge in [-0.05, 0) is 60.0 Å². The third-order valence-electron chi connectivity index (χ3n) is 11.5. The Balaban J connectivity index is 1.27. The fraction of sp³-hybridized carbons (Fsp3) is 0.364. The van der Waals surface area contributed by atoms with Gasteiger partial charge in [0.15, 0.2) is 19.9 Å². The number of carbonyl (C=O) groups excluding carboxylic acids is 5. The highest BCUT2D eigenvalue weighted by Gasteiger charge is 2.40. The van der Waals surface area contributed by atoms with E-state index in [4.69, 9.17) is 37.9 Å². The van der Waals surface area contributed by atoms with Crippen LogP contribution in [0.15, 0.2) is 115 Å². The fourth-order valence-electron chi connectivity index (χ4n) is 7.85. The molecule has 15 nitrogen and oxygen atoms in total. The first-order valence-electron chi connectivity index (χ1n) is 23.6. The Morgan fingerprint density at radius 2 is 1.24 bits per heavy atom. The van der Waals surface area contributed by atoms with Crippen LogP contribution < -0.4 is 24.3 Å². The van der Waals surface area contributed by atoms with Crippen molar-refractivity contribution in [3.05, 3.63) is 154 Å². The minimum Gasteiger partial charge on any atom is -0.493 e. The highest BCUT2D eigenvalue weighted by molar-refractivity contribution is 6.17. The maximum Gasteiger partial charge on any atom is 0.410 e. The third-order valence-corrected chi connectivity index (χ3v) is 11.5. The molecule has 0 spiro atoms. The number of likely N-dealkylation sites (tertiary alicyclic amines) is 1. The molecule has 1 saturated heterocycles. The number of hydrogen-bond acceptors (Lipinski definition) is 13. The summed E-state index contributed by atoms with van der Waals surface area (Å²) in [4.78, 5) is 70.2. The molecular weight excluding hydrogens is 897 g/mol. The lowest BCUT2D eigenvalue weighted by Gasteiger charge is -2.22. The molecule has 15 heteroatoms. The molecule has 0 aliphatic carbocycles. The van der Waals surface area contributed by atoms with Crippen molar-refractivity contribution in [2.24, 2.45) is 0 Å². The first kappa shape index (κ1) is 52.1. The van der Waals surface area contributed by atoms with Crippen molar-refractivity contribution >= 4 is 30.0 Å². The van der Waals surface area contributed by atoms with Crippen LogP contribution in [-0.2, 0) is 32.2 Å². The molecule has 370 valence electrons. The predicted octanol–water partition coefficient (Wildman–Crippen LogP) is 9.77. The van der Waals surface area contributed by atoms with E-state index in [9.17, 15) is 24.0 Å². The van der Waals surface area contributed by atoms with Crippen LogP contribution >= 0.6 is 0 Å². The molecule has 1 fully saturated rings. The Hall–Kier alpha value is -7.23. The van der Waals surface area contributed by atoms with Crippen molar-refractivity contribution < 1.29 is 61.9 Å². The summed E-state index contributed by atoms with van der Waals surface area (Å²) in [5, 5.41) is 2.95. The molecule has 0 aromatic heterocycles. The number of rotatable bonds is 28. The number of hydrogen-bond donors (Lipinski definition) is 1. The molecule has 5 aromatic carbocycles. The van der Waals surface area contributed by atoms with Crippen LogP contribution in [-0.4, -0.2) is 94.6 Å². The number of carbonyl (C=O) groups is 5. The van der Waals surface area contributed by atoms with E-state index < -0.39 is 35.9 Å². The van der Waals surface area contributed by atoms with Crippen molar-refractivity contribution in [3.63, 3.8) is 0 Å². The van der Waals surface area contributed by atoms with Gasteiger partial charge in [-0.2, -0.15) is 0 Å². The van der Waals surface area contributed by atoms with Gasteiger partial charge < -0.3 is 48.1 Å². The number of nitrogens with one attached hydrogen (secondary N) is 1. The Morgan fingerprint density at radius 3 is 1.89 bits per heavy atom. The quantitative estimate of drug-likeness (QED) is 0.0165. The van der Waals surface area contributed by atoms with Crippen molar-refractivity contribution in [1.29, 1.82) is 0 Å². The normalized spacial score (nSPS) is 14.1. The maximum absolute atomic E-state index is 14.8. The minimum absolute atomic E-state index is 0.00469. The summed E-state index contributed by atoms with van der Waals surface area (Å²) >= 11 is 0. The van der Waals surface area contributed by atoms with Gasteiger partial charge in [0, 0.05) is 31.9 Å². The van der Waals surface area contributed by atoms with Gasteiger partial charge in [-0.15, -0.1) is 0 Å². The summed E-state index contributed by atoms with van der Waals surface area (Å²) in [5.41, 5.74) is 1.92. The summed E-state index contributed by atoms with van der Waals surface area (Å²) in [6.07, 6.45) is 7.15. The van der Waals surface area contributed by atoms with Crippen LogP contribution in [0.1, 0.15) is 116 Å². The molecule has 5 aromatic rings. The van der Waals surface area contributed by atoms with Crippen LogP contribution in [0.2, 0.25) is 0 Å². The molecule has 2 atom stereocenters. The van der Waals surface area contributed by atoms with Gasteiger partial charge in [0.25, 0.3) is 5.91 Å². The number of methoxy groups -OCH3 is 2. The van der Waals surface area contributed by atoms with Gasteiger partial charge in [0.2, 0.25) is 5.78 Å². The zero-order valence-electron chi connectivity index (χ0n) is 40.1. The zero-order valence-corrected chi connectivity index (χ0v) is 40.1. The smallest absolute Gasteiger partial charge is 0.410 e. The number of ketones is 1. The van der Waals surface area contributed by atoms with Crippen LogP contribution in [0.5, 0.6) is 23.0 Å². The van der Waals surface area contributed by atoms with E-state index in [0.29, 0.717) is 30.6 Å². The Kier molecular flexibility index (Phi) is 20.6. The highest BCUT2D eigenvalue weighted by Crippen LogP contribution is 2.37. The second-order valence-electron chi connectivity index (χ2n) is 16.7. The summed E-state index contributed by atoms with van der Waals surface area (Å²) in [7, 11) is 2.83. The summed E-state index contributed by atoms with van der Waals surface area (Å²) in [6.45, 7) is 2.04. The fourth-order valence-corrected chi connectivity index (χ4v) is 7.85. The molecule has 70 heavy (non-hydrogen) atoms. The van der Waals surface area contributed by atoms with E-state index in [-0.39, 0.29) is 79.4 Å². The SMILES string of the molecule is CCCCCCCCCCOc1cc(C(=O)OC2CN(C(=O)OCc3ccccc3)CC2NC(=O)c2ccc(OCc3ccccc3)cc2)cc(OCOC)c1C(=O)c1c(C=O)cccc1OCOC. The lowest BCUT2D eigenvalue weighted by atomic mass is 9.95. The summed E-state index contributed by atoms with van der Waals surface area (Å²) < 4.78 is 46.1. The zero-order chi connectivity index (χ0) is 49.5. The molecule has 0 radical (unpaired) electrons. The van der Waals surface area contributed by atoms with Gasteiger partial charge in [0.05, 0.1) is 30.3 Å². The maximum atomic E-state index is 14.8. The second kappa shape index (κ2) is 27.7. The number of ether oxygens (including phenoxy) is 8. The van der Waals surface area contributed by atoms with Crippen molar-refractivity contribution in [2.45, 2.75) is 83.6 Å². The molecule has 1 aliphatic rings. The van der Waals surface area contributed by atoms with Crippen LogP contribution in [0.4, 0.5) is 4.79 Å². The number of benzene rings is 5. The van der Waals surface area contributed by atoms with Crippen molar-refractivity contribution in [3.8, 4) is 23.0 Å². The lowest BCUT2D eigenvalue weighted by molar-refractivity contribution is 0.0257. The van der Waals surface area contributed by atoms with Crippen molar-refractivity contribution in [1.82, 2.24) is 10.2 Å². The molecule has 2 unspecified atom stereocenters. The van der Waals surface area contributed by atoms with Crippen LogP contribution in [0, 0.1) is 0 Å². The predicted molar refractivity (Wildman–Crippen MR) is 261 cm³/mol. The molecule has 6 rings (SSSR count). The van der Waals surface area contributed by atoms with E-state index in [1.807, 2.05) is 60.7 Å². The number of aldehydes is 1. The van der Waals surface area contributed by atoms with Gasteiger partial charge in [-0.3, -0.25) is 14.4 Å². The molecule has 1 heterocycles. The first-order chi connectivity index (χ1) is 34.2. The number of amides is 2. The Morgan fingerprint density at radius 1 is 0.629 bits per heavy atom. The van der Waals surface area contributed by atoms with Gasteiger partial charge in [0.1, 0.15) is 47.9 Å². The topological polar surface area (TPSA) is 174 Å². The van der Waals surface area contributed by atoms with E-state index in [1.54, 1.807) is 30.3 Å². The van der Waals surface area contributed by atoms with Crippen molar-refractivity contribution in [2.75, 3.05) is 47.5 Å². The van der Waals surface area contributed by atoms with E-state index in [2.05, 4.69) is 12.2 Å². The summed E-state index contributed by atoms with van der Waals surface area (Å²) in [6, 6.07) is 31.9. The standard InChI is InChI=1S/C55H62N2O13/c1-4-5-6-7-8-9-10-17-29-65-47-30-43(31-48(69-38-64-3)51(47)52(59)50-42(34-58)23-18-24-46(50)68-37-63-2)54(61)70-49-33-57(55(62)67-36-40-21-15-12-16-22-40)32-45(49)56-53(60)41-25-27-44(28-26-41)66-35-39-19-13-11-14-20-39/h11-16,18-28,30-31,34,45,49H,4-10,17,29,32-33,35-38H2,1-3H3,(H,56,60). The monoisotopic (exact) mass is 958 g/mol. The first-order valence-corrected chi connectivity index (χ1v) is 23.6. The largest absolute Gasteiger partial charge is 0.493 e. The highest BCUT2D eigenvalue weighted by atomic mass is 16.7. The van der Waals surface area contributed by atoms with E-state index in [1.165, 1.54) is 56.2 Å². The van der Waals surface area contributed by atoms with Crippen LogP contribution in [0.25, 0.3) is 0 Å². The summed E-state index contributed by atoms with van der Waals surface area (Å²) in [5.74, 6) is -1.46. The molecule has 0 bridgehead atoms. The molecule has 1 aliphatic heterocycles. The number of nitrogens with zero attached hydrogens (tertiary/aromatic N) is 1. The molecule has 1 N–H and O–H groups in total. The second-order valence-corrected chi connectivity index (χ2v) is 16.7. The van der Waals surface area contributed by atoms with Gasteiger partial charge >= 0.3 is 12.1 Å². The average Bonchev–Trinajstić information content (AvgIpc) is 3.79. The molecular formula is C55H62N2O13. The van der Waals surface area contributed by atoms with Gasteiger partial charge in [-0.25, -0.2) is 9.59 Å². The van der Waals surface area contributed by atoms with Gasteiger partial charge in [-0.1, -0.05) is 125 Å². The third kappa shape index (κ3) is 15.1. The average molecular weight is 959 g/mol. The Labute approximate surface area is 409 Å². The molecule has 2 amide bonds.